The molecule has 3 N–H and O–H groups in total. The fraction of sp³-hybridized carbons (Fsp3) is 1.00. The minimum Gasteiger partial charge on any atom is -0.393 e. The monoisotopic (exact) mass is 240 g/mol. The van der Waals surface area contributed by atoms with Gasteiger partial charge >= 0.3 is 0 Å². The smallest absolute Gasteiger partial charge is 0.0524 e. The Kier molecular flexibility index (Phi) is 5.26. The number of piperidine rings is 1. The van der Waals surface area contributed by atoms with Crippen molar-refractivity contribution in [3.8, 4) is 0 Å². The molecule has 3 nitrogen and oxygen atoms in total. The van der Waals surface area contributed by atoms with Crippen LogP contribution in [0.2, 0.25) is 0 Å². The number of nitrogens with one attached hydrogen (secondary N) is 2. The Morgan fingerprint density at radius 2 is 2.12 bits per heavy atom. The molecule has 4 atom stereocenters. The normalized spacial score (nSPS) is 36.0. The molecule has 0 aromatic rings. The predicted molar refractivity (Wildman–Crippen MR) is 71.1 cm³/mol. The van der Waals surface area contributed by atoms with Crippen molar-refractivity contribution < 1.29 is 5.11 Å². The van der Waals surface area contributed by atoms with Crippen LogP contribution >= 0.6 is 0 Å². The number of hydrogen-bond acceptors (Lipinski definition) is 3. The summed E-state index contributed by atoms with van der Waals surface area (Å²) in [7, 11) is 0. The Bertz CT molecular complexity index is 214. The van der Waals surface area contributed by atoms with Gasteiger partial charge in [0.05, 0.1) is 6.10 Å². The fourth-order valence-electron chi connectivity index (χ4n) is 3.45. The molecule has 0 aromatic heterocycles. The molecule has 2 aliphatic rings. The van der Waals surface area contributed by atoms with E-state index in [1.807, 2.05) is 6.92 Å². The van der Waals surface area contributed by atoms with Crippen LogP contribution in [0.3, 0.4) is 0 Å². The largest absolute Gasteiger partial charge is 0.393 e. The molecule has 17 heavy (non-hydrogen) atoms. The Hall–Kier alpha value is -0.120. The van der Waals surface area contributed by atoms with Gasteiger partial charge in [0.2, 0.25) is 0 Å². The molecule has 0 aromatic carbocycles. The van der Waals surface area contributed by atoms with Crippen molar-refractivity contribution in [3.63, 3.8) is 0 Å². The molecule has 1 heterocycles. The van der Waals surface area contributed by atoms with Gasteiger partial charge in [0.1, 0.15) is 0 Å². The summed E-state index contributed by atoms with van der Waals surface area (Å²) in [5, 5.41) is 16.6. The lowest BCUT2D eigenvalue weighted by Gasteiger charge is -2.33. The van der Waals surface area contributed by atoms with Crippen LogP contribution in [0.25, 0.3) is 0 Å². The zero-order valence-electron chi connectivity index (χ0n) is 11.1. The average Bonchev–Trinajstić information content (AvgIpc) is 2.78. The van der Waals surface area contributed by atoms with Crippen LogP contribution in [0, 0.1) is 5.92 Å². The third kappa shape index (κ3) is 3.94. The van der Waals surface area contributed by atoms with Crippen LogP contribution in [0.5, 0.6) is 0 Å². The van der Waals surface area contributed by atoms with E-state index >= 15 is 0 Å². The Morgan fingerprint density at radius 3 is 2.82 bits per heavy atom. The second-order valence-corrected chi connectivity index (χ2v) is 5.85. The van der Waals surface area contributed by atoms with Crippen molar-refractivity contribution in [2.24, 2.45) is 5.92 Å². The molecule has 4 unspecified atom stereocenters. The van der Waals surface area contributed by atoms with Gasteiger partial charge in [-0.2, -0.15) is 0 Å². The first-order chi connectivity index (χ1) is 8.27. The van der Waals surface area contributed by atoms with E-state index < -0.39 is 0 Å². The molecule has 0 amide bonds. The highest BCUT2D eigenvalue weighted by molar-refractivity contribution is 4.92. The SMILES string of the molecule is CC(O)CCNC1CCCC1C1CCCCN1. The molecule has 1 aliphatic carbocycles. The predicted octanol–water partition coefficient (Wildman–Crippen LogP) is 1.66. The minimum atomic E-state index is -0.171. The van der Waals surface area contributed by atoms with Crippen molar-refractivity contribution in [1.29, 1.82) is 0 Å². The van der Waals surface area contributed by atoms with Crippen LogP contribution in [-0.4, -0.2) is 36.4 Å². The lowest BCUT2D eigenvalue weighted by atomic mass is 9.88. The van der Waals surface area contributed by atoms with Crippen molar-refractivity contribution in [2.75, 3.05) is 13.1 Å². The number of rotatable bonds is 5. The summed E-state index contributed by atoms with van der Waals surface area (Å²) in [5.74, 6) is 0.823. The zero-order valence-corrected chi connectivity index (χ0v) is 11.1. The van der Waals surface area contributed by atoms with Crippen LogP contribution < -0.4 is 10.6 Å². The van der Waals surface area contributed by atoms with Crippen molar-refractivity contribution in [1.82, 2.24) is 10.6 Å². The molecule has 1 aliphatic heterocycles. The van der Waals surface area contributed by atoms with Gasteiger partial charge in [-0.3, -0.25) is 0 Å². The van der Waals surface area contributed by atoms with E-state index in [4.69, 9.17) is 0 Å². The zero-order chi connectivity index (χ0) is 12.1. The Morgan fingerprint density at radius 1 is 1.24 bits per heavy atom. The van der Waals surface area contributed by atoms with Gasteiger partial charge in [0.15, 0.2) is 0 Å². The molecule has 0 radical (unpaired) electrons. The number of aliphatic hydroxyl groups excluding tert-OH is 1. The van der Waals surface area contributed by atoms with Crippen molar-refractivity contribution in [2.45, 2.75) is 70.1 Å². The van der Waals surface area contributed by atoms with Crippen LogP contribution in [0.15, 0.2) is 0 Å². The first-order valence-electron chi connectivity index (χ1n) is 7.42. The summed E-state index contributed by atoms with van der Waals surface area (Å²) in [4.78, 5) is 0. The molecule has 1 saturated heterocycles. The molecule has 1 saturated carbocycles. The van der Waals surface area contributed by atoms with Gasteiger partial charge in [0, 0.05) is 12.1 Å². The second kappa shape index (κ2) is 6.72. The van der Waals surface area contributed by atoms with E-state index in [-0.39, 0.29) is 6.10 Å². The Labute approximate surface area is 105 Å². The lowest BCUT2D eigenvalue weighted by molar-refractivity contribution is 0.178. The van der Waals surface area contributed by atoms with Crippen molar-refractivity contribution in [3.05, 3.63) is 0 Å². The van der Waals surface area contributed by atoms with E-state index in [1.54, 1.807) is 0 Å². The highest BCUT2D eigenvalue weighted by Crippen LogP contribution is 2.31. The van der Waals surface area contributed by atoms with E-state index in [9.17, 15) is 5.11 Å². The van der Waals surface area contributed by atoms with E-state index in [1.165, 1.54) is 45.1 Å². The third-order valence-corrected chi connectivity index (χ3v) is 4.40. The van der Waals surface area contributed by atoms with Gasteiger partial charge in [-0.15, -0.1) is 0 Å². The van der Waals surface area contributed by atoms with Gasteiger partial charge in [-0.05, 0) is 58.0 Å². The average molecular weight is 240 g/mol. The summed E-state index contributed by atoms with van der Waals surface area (Å²) in [6.45, 7) is 4.05. The summed E-state index contributed by atoms with van der Waals surface area (Å²) in [5.41, 5.74) is 0. The van der Waals surface area contributed by atoms with Crippen LogP contribution in [-0.2, 0) is 0 Å². The molecule has 100 valence electrons. The van der Waals surface area contributed by atoms with Gasteiger partial charge in [-0.25, -0.2) is 0 Å². The van der Waals surface area contributed by atoms with E-state index in [0.717, 1.165) is 24.9 Å². The maximum absolute atomic E-state index is 9.29. The summed E-state index contributed by atoms with van der Waals surface area (Å²) >= 11 is 0. The van der Waals surface area contributed by atoms with Gasteiger partial charge < -0.3 is 15.7 Å². The van der Waals surface area contributed by atoms with Crippen LogP contribution in [0.4, 0.5) is 0 Å². The Balaban J connectivity index is 1.75. The molecular formula is C14H28N2O. The van der Waals surface area contributed by atoms with E-state index in [0.29, 0.717) is 6.04 Å². The molecular weight excluding hydrogens is 212 g/mol. The third-order valence-electron chi connectivity index (χ3n) is 4.40. The quantitative estimate of drug-likeness (QED) is 0.685. The second-order valence-electron chi connectivity index (χ2n) is 5.85. The maximum Gasteiger partial charge on any atom is 0.0524 e. The first kappa shape index (κ1) is 13.3. The lowest BCUT2D eigenvalue weighted by Crippen LogP contribution is -2.47. The fourth-order valence-corrected chi connectivity index (χ4v) is 3.45. The number of hydrogen-bond donors (Lipinski definition) is 3. The minimum absolute atomic E-state index is 0.171. The van der Waals surface area contributed by atoms with Gasteiger partial charge in [0.25, 0.3) is 0 Å². The highest BCUT2D eigenvalue weighted by atomic mass is 16.3. The molecule has 2 fully saturated rings. The highest BCUT2D eigenvalue weighted by Gasteiger charge is 2.33. The molecule has 3 heteroatoms. The maximum atomic E-state index is 9.29. The molecule has 2 rings (SSSR count). The van der Waals surface area contributed by atoms with Crippen LogP contribution in [0.1, 0.15) is 51.9 Å². The standard InChI is InChI=1S/C14H28N2O/c1-11(17)8-10-16-14-7-4-5-12(14)13-6-2-3-9-15-13/h11-17H,2-10H2,1H3. The van der Waals surface area contributed by atoms with Gasteiger partial charge in [-0.1, -0.05) is 12.8 Å². The molecule has 0 bridgehead atoms. The van der Waals surface area contributed by atoms with E-state index in [2.05, 4.69) is 10.6 Å². The summed E-state index contributed by atoms with van der Waals surface area (Å²) < 4.78 is 0. The van der Waals surface area contributed by atoms with Crippen molar-refractivity contribution >= 4 is 0 Å². The first-order valence-corrected chi connectivity index (χ1v) is 7.42. The summed E-state index contributed by atoms with van der Waals surface area (Å²) in [6, 6.07) is 1.43. The topological polar surface area (TPSA) is 44.3 Å². The molecule has 0 spiro atoms. The number of aliphatic hydroxyl groups is 1. The summed E-state index contributed by atoms with van der Waals surface area (Å²) in [6.07, 6.45) is 8.88.